The van der Waals surface area contributed by atoms with Crippen molar-refractivity contribution in [2.45, 2.75) is 19.2 Å². The van der Waals surface area contributed by atoms with Gasteiger partial charge in [0.25, 0.3) is 5.56 Å². The summed E-state index contributed by atoms with van der Waals surface area (Å²) in [5, 5.41) is 7.67. The third kappa shape index (κ3) is 5.88. The average Bonchev–Trinajstić information content (AvgIpc) is 2.80. The van der Waals surface area contributed by atoms with E-state index in [0.717, 1.165) is 18.6 Å². The molecule has 0 unspecified atom stereocenters. The van der Waals surface area contributed by atoms with Crippen molar-refractivity contribution in [1.29, 1.82) is 0 Å². The molecule has 1 atom stereocenters. The molecular weight excluding hydrogens is 473 g/mol. The number of aromatic nitrogens is 2. The van der Waals surface area contributed by atoms with Crippen LogP contribution in [0.5, 0.6) is 5.75 Å². The zero-order valence-corrected chi connectivity index (χ0v) is 18.5. The molecule has 1 N–H and O–H groups in total. The molecule has 0 bridgehead atoms. The summed E-state index contributed by atoms with van der Waals surface area (Å²) in [4.78, 5) is 27.1. The van der Waals surface area contributed by atoms with Gasteiger partial charge in [-0.05, 0) is 61.4 Å². The lowest BCUT2D eigenvalue weighted by Crippen LogP contribution is -2.41. The fraction of sp³-hybridized carbons (Fsp3) is 0.261. The second-order valence-corrected chi connectivity index (χ2v) is 8.20. The highest BCUT2D eigenvalue weighted by Gasteiger charge is 2.31. The molecule has 0 saturated carbocycles. The molecule has 0 spiro atoms. The van der Waals surface area contributed by atoms with Crippen molar-refractivity contribution in [3.63, 3.8) is 0 Å². The summed E-state index contributed by atoms with van der Waals surface area (Å²) in [6.45, 7) is 1.04. The number of ether oxygens (including phenoxy) is 1. The van der Waals surface area contributed by atoms with Crippen molar-refractivity contribution in [2.24, 2.45) is 5.92 Å². The van der Waals surface area contributed by atoms with Crippen LogP contribution in [0.15, 0.2) is 65.5 Å². The monoisotopic (exact) mass is 492 g/mol. The largest absolute Gasteiger partial charge is 0.573 e. The minimum Gasteiger partial charge on any atom is -0.406 e. The Kier molecular flexibility index (Phi) is 6.78. The van der Waals surface area contributed by atoms with Crippen LogP contribution in [0, 0.1) is 5.92 Å². The predicted octanol–water partition coefficient (Wildman–Crippen LogP) is 4.64. The number of amides is 1. The third-order valence-electron chi connectivity index (χ3n) is 5.31. The second-order valence-electron chi connectivity index (χ2n) is 7.77. The van der Waals surface area contributed by atoms with Crippen LogP contribution in [-0.2, 0) is 4.79 Å². The van der Waals surface area contributed by atoms with Gasteiger partial charge in [0.15, 0.2) is 0 Å². The predicted molar refractivity (Wildman–Crippen MR) is 122 cm³/mol. The average molecular weight is 493 g/mol. The van der Waals surface area contributed by atoms with E-state index in [9.17, 15) is 22.8 Å². The summed E-state index contributed by atoms with van der Waals surface area (Å²) in [5.74, 6) is -0.438. The van der Waals surface area contributed by atoms with Crippen molar-refractivity contribution in [3.05, 3.63) is 76.0 Å². The van der Waals surface area contributed by atoms with Crippen molar-refractivity contribution < 1.29 is 22.7 Å². The molecule has 0 aliphatic carbocycles. The number of benzene rings is 2. The SMILES string of the molecule is O=C(Nc1ccc(OC(F)(F)F)cc1)[C@H]1CCCN(c2ccc(=O)n(-c3cccc(Cl)c3)n2)C1. The summed E-state index contributed by atoms with van der Waals surface area (Å²) in [6, 6.07) is 14.8. The van der Waals surface area contributed by atoms with Gasteiger partial charge in [0.2, 0.25) is 5.91 Å². The third-order valence-corrected chi connectivity index (χ3v) is 5.55. The first kappa shape index (κ1) is 23.6. The summed E-state index contributed by atoms with van der Waals surface area (Å²) < 4.78 is 42.0. The highest BCUT2D eigenvalue weighted by atomic mass is 35.5. The van der Waals surface area contributed by atoms with E-state index in [2.05, 4.69) is 15.2 Å². The van der Waals surface area contributed by atoms with Gasteiger partial charge in [0.1, 0.15) is 11.6 Å². The number of nitrogens with zero attached hydrogens (tertiary/aromatic N) is 3. The lowest BCUT2D eigenvalue weighted by atomic mass is 9.97. The normalized spacial score (nSPS) is 16.2. The van der Waals surface area contributed by atoms with E-state index < -0.39 is 6.36 Å². The first-order valence-corrected chi connectivity index (χ1v) is 10.8. The quantitative estimate of drug-likeness (QED) is 0.561. The van der Waals surface area contributed by atoms with Crippen LogP contribution in [0.25, 0.3) is 5.69 Å². The number of anilines is 2. The molecule has 34 heavy (non-hydrogen) atoms. The molecule has 1 aliphatic heterocycles. The van der Waals surface area contributed by atoms with Gasteiger partial charge in [-0.3, -0.25) is 9.59 Å². The highest BCUT2D eigenvalue weighted by molar-refractivity contribution is 6.30. The van der Waals surface area contributed by atoms with E-state index >= 15 is 0 Å². The van der Waals surface area contributed by atoms with Gasteiger partial charge in [0, 0.05) is 29.9 Å². The van der Waals surface area contributed by atoms with Gasteiger partial charge in [-0.1, -0.05) is 17.7 Å². The Balaban J connectivity index is 1.45. The number of carbonyl (C=O) groups excluding carboxylic acids is 1. The minimum atomic E-state index is -4.78. The molecule has 11 heteroatoms. The topological polar surface area (TPSA) is 76.5 Å². The van der Waals surface area contributed by atoms with E-state index in [4.69, 9.17) is 11.6 Å². The molecule has 1 saturated heterocycles. The number of carbonyl (C=O) groups is 1. The molecule has 4 rings (SSSR count). The molecule has 1 aliphatic rings. The summed E-state index contributed by atoms with van der Waals surface area (Å²) in [6.07, 6.45) is -3.40. The number of rotatable bonds is 5. The van der Waals surface area contributed by atoms with Gasteiger partial charge < -0.3 is 15.0 Å². The Labute approximate surface area is 197 Å². The first-order chi connectivity index (χ1) is 16.2. The maximum absolute atomic E-state index is 12.8. The molecule has 2 heterocycles. The van der Waals surface area contributed by atoms with Crippen LogP contribution in [0.2, 0.25) is 5.02 Å². The van der Waals surface area contributed by atoms with Gasteiger partial charge >= 0.3 is 6.36 Å². The number of nitrogens with one attached hydrogen (secondary N) is 1. The highest BCUT2D eigenvalue weighted by Crippen LogP contribution is 2.26. The number of halogens is 4. The standard InChI is InChI=1S/C23H20ClF3N4O3/c24-16-4-1-5-18(13-16)31-21(32)11-10-20(29-31)30-12-2-3-15(14-30)22(33)28-17-6-8-19(9-7-17)34-23(25,26)27/h1,4-11,13,15H,2-3,12,14H2,(H,28,33)/t15-/m0/s1. The zero-order valence-electron chi connectivity index (χ0n) is 17.8. The zero-order chi connectivity index (χ0) is 24.3. The fourth-order valence-electron chi connectivity index (χ4n) is 3.75. The van der Waals surface area contributed by atoms with E-state index in [0.29, 0.717) is 41.7 Å². The van der Waals surface area contributed by atoms with Gasteiger partial charge in [0.05, 0.1) is 11.6 Å². The van der Waals surface area contributed by atoms with Crippen LogP contribution in [-0.4, -0.2) is 35.1 Å². The molecule has 3 aromatic rings. The Morgan fingerprint density at radius 3 is 2.59 bits per heavy atom. The van der Waals surface area contributed by atoms with Crippen molar-refractivity contribution in [3.8, 4) is 11.4 Å². The van der Waals surface area contributed by atoms with E-state index in [1.165, 1.54) is 22.9 Å². The number of hydrogen-bond acceptors (Lipinski definition) is 5. The molecule has 178 valence electrons. The lowest BCUT2D eigenvalue weighted by Gasteiger charge is -2.33. The number of alkyl halides is 3. The Morgan fingerprint density at radius 1 is 1.12 bits per heavy atom. The van der Waals surface area contributed by atoms with Crippen LogP contribution >= 0.6 is 11.6 Å². The van der Waals surface area contributed by atoms with Crippen molar-refractivity contribution >= 4 is 29.0 Å². The summed E-state index contributed by atoms with van der Waals surface area (Å²) in [5.41, 5.74) is 0.586. The van der Waals surface area contributed by atoms with Crippen molar-refractivity contribution in [1.82, 2.24) is 9.78 Å². The van der Waals surface area contributed by atoms with E-state index in [1.54, 1.807) is 30.3 Å². The molecular formula is C23H20ClF3N4O3. The minimum absolute atomic E-state index is 0.252. The lowest BCUT2D eigenvalue weighted by molar-refractivity contribution is -0.274. The Hall–Kier alpha value is -3.53. The van der Waals surface area contributed by atoms with Crippen LogP contribution in [0.4, 0.5) is 24.7 Å². The summed E-state index contributed by atoms with van der Waals surface area (Å²) in [7, 11) is 0. The first-order valence-electron chi connectivity index (χ1n) is 10.5. The number of piperidine rings is 1. The van der Waals surface area contributed by atoms with Crippen LogP contribution in [0.3, 0.4) is 0 Å². The maximum Gasteiger partial charge on any atom is 0.573 e. The molecule has 1 amide bonds. The fourth-order valence-corrected chi connectivity index (χ4v) is 3.93. The molecule has 1 fully saturated rings. The Bertz CT molecular complexity index is 1230. The molecule has 2 aromatic carbocycles. The second kappa shape index (κ2) is 9.76. The van der Waals surface area contributed by atoms with Crippen LogP contribution in [0.1, 0.15) is 12.8 Å². The summed E-state index contributed by atoms with van der Waals surface area (Å²) >= 11 is 6.04. The molecule has 1 aromatic heterocycles. The van der Waals surface area contributed by atoms with E-state index in [1.807, 2.05) is 4.90 Å². The van der Waals surface area contributed by atoms with Gasteiger partial charge in [-0.15, -0.1) is 18.3 Å². The van der Waals surface area contributed by atoms with Crippen molar-refractivity contribution in [2.75, 3.05) is 23.3 Å². The van der Waals surface area contributed by atoms with Gasteiger partial charge in [-0.25, -0.2) is 0 Å². The van der Waals surface area contributed by atoms with E-state index in [-0.39, 0.29) is 23.1 Å². The maximum atomic E-state index is 12.8. The Morgan fingerprint density at radius 2 is 1.88 bits per heavy atom. The number of hydrogen-bond donors (Lipinski definition) is 1. The van der Waals surface area contributed by atoms with Crippen LogP contribution < -0.4 is 20.5 Å². The molecule has 7 nitrogen and oxygen atoms in total. The molecule has 0 radical (unpaired) electrons. The smallest absolute Gasteiger partial charge is 0.406 e. The van der Waals surface area contributed by atoms with Gasteiger partial charge in [-0.2, -0.15) is 4.68 Å².